The van der Waals surface area contributed by atoms with Crippen molar-refractivity contribution < 1.29 is 14.7 Å². The van der Waals surface area contributed by atoms with Gasteiger partial charge in [0.2, 0.25) is 0 Å². The van der Waals surface area contributed by atoms with Gasteiger partial charge in [0.05, 0.1) is 11.6 Å². The molecule has 0 saturated carbocycles. The van der Waals surface area contributed by atoms with E-state index in [0.717, 1.165) is 29.7 Å². The highest BCUT2D eigenvalue weighted by molar-refractivity contribution is 6.51. The van der Waals surface area contributed by atoms with E-state index >= 15 is 0 Å². The van der Waals surface area contributed by atoms with Gasteiger partial charge in [-0.2, -0.15) is 0 Å². The summed E-state index contributed by atoms with van der Waals surface area (Å²) in [5.74, 6) is -1.57. The number of fused-ring (bicyclic) bond motifs is 1. The zero-order valence-electron chi connectivity index (χ0n) is 19.7. The topological polar surface area (TPSA) is 89.5 Å². The number of ketones is 1. The fraction of sp³-hybridized carbons (Fsp3) is 0.207. The quantitative estimate of drug-likeness (QED) is 0.240. The number of carbonyl (C=O) groups excluding carboxylic acids is 2. The van der Waals surface area contributed by atoms with Gasteiger partial charge in [-0.1, -0.05) is 18.2 Å². The van der Waals surface area contributed by atoms with Gasteiger partial charge in [0.1, 0.15) is 5.76 Å². The summed E-state index contributed by atoms with van der Waals surface area (Å²) in [5, 5.41) is 12.2. The van der Waals surface area contributed by atoms with Crippen LogP contribution in [0.1, 0.15) is 36.4 Å². The van der Waals surface area contributed by atoms with E-state index in [4.69, 9.17) is 0 Å². The third-order valence-corrected chi connectivity index (χ3v) is 7.16. The van der Waals surface area contributed by atoms with E-state index in [9.17, 15) is 14.7 Å². The Hall–Kier alpha value is -4.39. The molecule has 2 aliphatic rings. The second kappa shape index (κ2) is 9.00. The minimum atomic E-state index is -0.775. The van der Waals surface area contributed by atoms with Gasteiger partial charge in [-0.25, -0.2) is 0 Å². The van der Waals surface area contributed by atoms with Crippen molar-refractivity contribution in [3.05, 3.63) is 96.0 Å². The predicted octanol–water partition coefficient (Wildman–Crippen LogP) is 5.18. The van der Waals surface area contributed by atoms with Crippen molar-refractivity contribution in [1.82, 2.24) is 9.97 Å². The molecule has 0 bridgehead atoms. The molecular weight excluding hydrogens is 452 g/mol. The van der Waals surface area contributed by atoms with Crippen LogP contribution in [0, 0.1) is 0 Å². The first-order valence-corrected chi connectivity index (χ1v) is 12.3. The number of para-hydroxylation sites is 1. The number of aliphatic hydroxyl groups excluding tert-OH is 1. The SMILES string of the molecule is O=C1C(=O)N(c2ccc(N3CCCCC3)cc2)C(c2ccncc2)/C1=C(/O)c1c[nH]c2ccccc12. The summed E-state index contributed by atoms with van der Waals surface area (Å²) >= 11 is 0. The average molecular weight is 479 g/mol. The molecule has 1 atom stereocenters. The first kappa shape index (κ1) is 22.1. The predicted molar refractivity (Wildman–Crippen MR) is 140 cm³/mol. The normalized spacial score (nSPS) is 19.8. The molecule has 0 spiro atoms. The Morgan fingerprint density at radius 2 is 1.58 bits per heavy atom. The first-order chi connectivity index (χ1) is 17.6. The Labute approximate surface area is 208 Å². The number of benzene rings is 2. The smallest absolute Gasteiger partial charge is 0.300 e. The Bertz CT molecular complexity index is 1470. The maximum absolute atomic E-state index is 13.4. The van der Waals surface area contributed by atoms with Crippen LogP contribution < -0.4 is 9.80 Å². The number of pyridine rings is 1. The summed E-state index contributed by atoms with van der Waals surface area (Å²) in [4.78, 5) is 37.9. The van der Waals surface area contributed by atoms with Gasteiger partial charge in [-0.15, -0.1) is 0 Å². The maximum atomic E-state index is 13.4. The number of hydrogen-bond donors (Lipinski definition) is 2. The summed E-state index contributed by atoms with van der Waals surface area (Å²) in [6, 6.07) is 18.1. The number of Topliss-reactive ketones (excluding diaryl/α,β-unsaturated/α-hetero) is 1. The van der Waals surface area contributed by atoms with E-state index in [1.807, 2.05) is 48.5 Å². The van der Waals surface area contributed by atoms with Gasteiger partial charge in [0.25, 0.3) is 11.7 Å². The first-order valence-electron chi connectivity index (χ1n) is 12.3. The van der Waals surface area contributed by atoms with Crippen molar-refractivity contribution in [2.75, 3.05) is 22.9 Å². The van der Waals surface area contributed by atoms with Crippen LogP contribution in [0.15, 0.2) is 84.8 Å². The number of nitrogens with one attached hydrogen (secondary N) is 1. The number of nitrogens with zero attached hydrogens (tertiary/aromatic N) is 3. The van der Waals surface area contributed by atoms with E-state index in [1.165, 1.54) is 24.2 Å². The lowest BCUT2D eigenvalue weighted by Gasteiger charge is -2.30. The molecule has 0 radical (unpaired) electrons. The lowest BCUT2D eigenvalue weighted by Crippen LogP contribution is -2.30. The third-order valence-electron chi connectivity index (χ3n) is 7.16. The lowest BCUT2D eigenvalue weighted by atomic mass is 9.95. The number of hydrogen-bond acceptors (Lipinski definition) is 5. The molecule has 2 N–H and O–H groups in total. The number of amides is 1. The van der Waals surface area contributed by atoms with Crippen LogP contribution in [0.4, 0.5) is 11.4 Å². The molecule has 7 heteroatoms. The molecule has 36 heavy (non-hydrogen) atoms. The molecular formula is C29H26N4O3. The van der Waals surface area contributed by atoms with Gasteiger partial charge in [-0.05, 0) is 67.3 Å². The Kier molecular flexibility index (Phi) is 5.52. The zero-order valence-corrected chi connectivity index (χ0v) is 19.7. The van der Waals surface area contributed by atoms with Crippen LogP contribution in [-0.2, 0) is 9.59 Å². The van der Waals surface area contributed by atoms with Crippen LogP contribution in [-0.4, -0.2) is 39.9 Å². The summed E-state index contributed by atoms with van der Waals surface area (Å²) in [6.45, 7) is 2.04. The van der Waals surface area contributed by atoms with Gasteiger partial charge < -0.3 is 15.0 Å². The van der Waals surface area contributed by atoms with E-state index in [1.54, 1.807) is 30.7 Å². The summed E-state index contributed by atoms with van der Waals surface area (Å²) < 4.78 is 0. The monoisotopic (exact) mass is 478 g/mol. The van der Waals surface area contributed by atoms with Crippen LogP contribution >= 0.6 is 0 Å². The third kappa shape index (κ3) is 3.64. The number of aromatic amines is 1. The molecule has 1 unspecified atom stereocenters. The summed E-state index contributed by atoms with van der Waals surface area (Å²) in [7, 11) is 0. The number of aromatic nitrogens is 2. The number of anilines is 2. The Morgan fingerprint density at radius 1 is 0.889 bits per heavy atom. The molecule has 180 valence electrons. The minimum absolute atomic E-state index is 0.0658. The molecule has 0 aliphatic carbocycles. The van der Waals surface area contributed by atoms with Gasteiger partial charge in [0, 0.05) is 59.5 Å². The number of piperidine rings is 1. The second-order valence-electron chi connectivity index (χ2n) is 9.26. The van der Waals surface area contributed by atoms with Crippen LogP contribution in [0.5, 0.6) is 0 Å². The number of rotatable bonds is 4. The summed E-state index contributed by atoms with van der Waals surface area (Å²) in [5.41, 5.74) is 3.80. The molecule has 4 aromatic rings. The minimum Gasteiger partial charge on any atom is -0.507 e. The standard InChI is InChI=1S/C29H26N4O3/c34-27(23-18-31-24-7-3-2-6-22(23)24)25-26(19-12-14-30-15-13-19)33(29(36)28(25)35)21-10-8-20(9-11-21)32-16-4-1-5-17-32/h2-3,6-15,18,26,31,34H,1,4-5,16-17H2/b27-25-. The van der Waals surface area contributed by atoms with Crippen molar-refractivity contribution in [3.63, 3.8) is 0 Å². The van der Waals surface area contributed by atoms with Crippen molar-refractivity contribution in [1.29, 1.82) is 0 Å². The molecule has 2 fully saturated rings. The van der Waals surface area contributed by atoms with Crippen LogP contribution in [0.3, 0.4) is 0 Å². The van der Waals surface area contributed by atoms with Gasteiger partial charge in [-0.3, -0.25) is 19.5 Å². The zero-order chi connectivity index (χ0) is 24.6. The molecule has 4 heterocycles. The highest BCUT2D eigenvalue weighted by Crippen LogP contribution is 2.43. The lowest BCUT2D eigenvalue weighted by molar-refractivity contribution is -0.132. The number of aliphatic hydroxyl groups is 1. The molecule has 2 aliphatic heterocycles. The fourth-order valence-electron chi connectivity index (χ4n) is 5.35. The second-order valence-corrected chi connectivity index (χ2v) is 9.26. The average Bonchev–Trinajstić information content (AvgIpc) is 3.48. The number of carbonyl (C=O) groups is 2. The molecule has 2 saturated heterocycles. The van der Waals surface area contributed by atoms with Gasteiger partial charge in [0.15, 0.2) is 0 Å². The van der Waals surface area contributed by atoms with Crippen molar-refractivity contribution in [2.45, 2.75) is 25.3 Å². The van der Waals surface area contributed by atoms with Crippen LogP contribution in [0.25, 0.3) is 16.7 Å². The van der Waals surface area contributed by atoms with Crippen molar-refractivity contribution in [2.24, 2.45) is 0 Å². The molecule has 2 aromatic heterocycles. The van der Waals surface area contributed by atoms with Crippen molar-refractivity contribution in [3.8, 4) is 0 Å². The van der Waals surface area contributed by atoms with E-state index in [0.29, 0.717) is 16.8 Å². The van der Waals surface area contributed by atoms with E-state index in [2.05, 4.69) is 14.9 Å². The van der Waals surface area contributed by atoms with E-state index < -0.39 is 17.7 Å². The highest BCUT2D eigenvalue weighted by atomic mass is 16.3. The van der Waals surface area contributed by atoms with Crippen LogP contribution in [0.2, 0.25) is 0 Å². The fourth-order valence-corrected chi connectivity index (χ4v) is 5.35. The number of H-pyrrole nitrogens is 1. The van der Waals surface area contributed by atoms with Gasteiger partial charge >= 0.3 is 0 Å². The molecule has 7 nitrogen and oxygen atoms in total. The highest BCUT2D eigenvalue weighted by Gasteiger charge is 2.47. The molecule has 1 amide bonds. The summed E-state index contributed by atoms with van der Waals surface area (Å²) in [6.07, 6.45) is 8.52. The largest absolute Gasteiger partial charge is 0.507 e. The maximum Gasteiger partial charge on any atom is 0.300 e. The molecule has 2 aromatic carbocycles. The van der Waals surface area contributed by atoms with E-state index in [-0.39, 0.29) is 11.3 Å². The Morgan fingerprint density at radius 3 is 2.33 bits per heavy atom. The van der Waals surface area contributed by atoms with Crippen molar-refractivity contribution >= 4 is 39.7 Å². The Balaban J connectivity index is 1.47. The molecule has 6 rings (SSSR count).